The number of hydrogen-bond donors (Lipinski definition) is 1. The lowest BCUT2D eigenvalue weighted by molar-refractivity contribution is -0.384. The van der Waals surface area contributed by atoms with E-state index in [1.165, 1.54) is 19.2 Å². The molecule has 21 heavy (non-hydrogen) atoms. The molecule has 7 heteroatoms. The quantitative estimate of drug-likeness (QED) is 0.515. The van der Waals surface area contributed by atoms with E-state index in [1.807, 2.05) is 4.90 Å². The lowest BCUT2D eigenvalue weighted by Crippen LogP contribution is -2.37. The minimum Gasteiger partial charge on any atom is -0.465 e. The molecule has 1 atom stereocenters. The van der Waals surface area contributed by atoms with Crippen LogP contribution in [0.25, 0.3) is 0 Å². The van der Waals surface area contributed by atoms with E-state index in [9.17, 15) is 20.0 Å². The molecule has 1 N–H and O–H groups in total. The van der Waals surface area contributed by atoms with Crippen molar-refractivity contribution in [2.45, 2.75) is 12.8 Å². The lowest BCUT2D eigenvalue weighted by Gasteiger charge is -2.34. The minimum absolute atomic E-state index is 0.0943. The van der Waals surface area contributed by atoms with E-state index in [2.05, 4.69) is 0 Å². The highest BCUT2D eigenvalue weighted by Gasteiger charge is 2.25. The van der Waals surface area contributed by atoms with E-state index >= 15 is 0 Å². The zero-order valence-corrected chi connectivity index (χ0v) is 11.8. The van der Waals surface area contributed by atoms with Crippen LogP contribution in [0.15, 0.2) is 18.2 Å². The molecule has 1 aromatic rings. The average Bonchev–Trinajstić information content (AvgIpc) is 2.53. The van der Waals surface area contributed by atoms with Gasteiger partial charge >= 0.3 is 5.97 Å². The van der Waals surface area contributed by atoms with Crippen molar-refractivity contribution < 1.29 is 19.6 Å². The Labute approximate surface area is 122 Å². The summed E-state index contributed by atoms with van der Waals surface area (Å²) in [6.07, 6.45) is 1.84. The van der Waals surface area contributed by atoms with Crippen LogP contribution in [0.1, 0.15) is 23.2 Å². The molecule has 2 rings (SSSR count). The number of nitro benzene ring substituents is 1. The summed E-state index contributed by atoms with van der Waals surface area (Å²) < 4.78 is 4.72. The minimum atomic E-state index is -0.597. The number of anilines is 1. The molecule has 1 aliphatic heterocycles. The Morgan fingerprint density at radius 3 is 2.95 bits per heavy atom. The van der Waals surface area contributed by atoms with Crippen molar-refractivity contribution in [3.63, 3.8) is 0 Å². The van der Waals surface area contributed by atoms with Gasteiger partial charge in [-0.1, -0.05) is 0 Å². The number of rotatable bonds is 4. The van der Waals surface area contributed by atoms with E-state index in [1.54, 1.807) is 6.07 Å². The Morgan fingerprint density at radius 2 is 2.33 bits per heavy atom. The maximum Gasteiger partial charge on any atom is 0.340 e. The molecule has 1 aromatic carbocycles. The number of nitro groups is 1. The topological polar surface area (TPSA) is 92.9 Å². The number of methoxy groups -OCH3 is 1. The second-order valence-corrected chi connectivity index (χ2v) is 5.09. The second-order valence-electron chi connectivity index (χ2n) is 5.09. The number of carbonyl (C=O) groups is 1. The van der Waals surface area contributed by atoms with Gasteiger partial charge in [0.05, 0.1) is 23.3 Å². The highest BCUT2D eigenvalue weighted by molar-refractivity contribution is 5.96. The number of non-ortho nitro benzene ring substituents is 1. The molecule has 1 heterocycles. The van der Waals surface area contributed by atoms with Crippen molar-refractivity contribution in [2.24, 2.45) is 5.92 Å². The molecular weight excluding hydrogens is 276 g/mol. The third-order valence-corrected chi connectivity index (χ3v) is 3.71. The largest absolute Gasteiger partial charge is 0.465 e. The van der Waals surface area contributed by atoms with Crippen molar-refractivity contribution in [3.05, 3.63) is 33.9 Å². The predicted octanol–water partition coefficient (Wildman–Crippen LogP) is 1.59. The van der Waals surface area contributed by atoms with Gasteiger partial charge in [0.25, 0.3) is 5.69 Å². The number of benzene rings is 1. The number of carbonyl (C=O) groups excluding carboxylic acids is 1. The first kappa shape index (κ1) is 15.2. The maximum absolute atomic E-state index is 11.9. The smallest absolute Gasteiger partial charge is 0.340 e. The van der Waals surface area contributed by atoms with Gasteiger partial charge in [0.1, 0.15) is 0 Å². The van der Waals surface area contributed by atoms with E-state index < -0.39 is 10.9 Å². The van der Waals surface area contributed by atoms with Gasteiger partial charge in [-0.2, -0.15) is 0 Å². The summed E-state index contributed by atoms with van der Waals surface area (Å²) >= 11 is 0. The fraction of sp³-hybridized carbons (Fsp3) is 0.500. The van der Waals surface area contributed by atoms with Gasteiger partial charge in [-0.05, 0) is 24.8 Å². The standard InChI is InChI=1S/C14H18N2O5/c1-21-14(18)12-7-11(16(19)20)4-5-13(12)15-6-2-3-10(8-15)9-17/h4-5,7,10,17H,2-3,6,8-9H2,1H3. The second kappa shape index (κ2) is 6.53. The van der Waals surface area contributed by atoms with Crippen LogP contribution in [0.3, 0.4) is 0 Å². The normalized spacial score (nSPS) is 18.4. The third kappa shape index (κ3) is 3.30. The monoisotopic (exact) mass is 294 g/mol. The molecule has 0 radical (unpaired) electrons. The average molecular weight is 294 g/mol. The summed E-state index contributed by atoms with van der Waals surface area (Å²) in [6, 6.07) is 4.19. The number of aliphatic hydroxyl groups excluding tert-OH is 1. The van der Waals surface area contributed by atoms with E-state index in [0.717, 1.165) is 19.4 Å². The fourth-order valence-corrected chi connectivity index (χ4v) is 2.62. The zero-order chi connectivity index (χ0) is 15.4. The molecular formula is C14H18N2O5. The van der Waals surface area contributed by atoms with Crippen molar-refractivity contribution in [1.29, 1.82) is 0 Å². The summed E-state index contributed by atoms with van der Waals surface area (Å²) in [5.74, 6) is -0.445. The van der Waals surface area contributed by atoms with Crippen LogP contribution in [0.4, 0.5) is 11.4 Å². The van der Waals surface area contributed by atoms with Crippen LogP contribution in [0.5, 0.6) is 0 Å². The predicted molar refractivity (Wildman–Crippen MR) is 76.5 cm³/mol. The third-order valence-electron chi connectivity index (χ3n) is 3.71. The van der Waals surface area contributed by atoms with Crippen LogP contribution < -0.4 is 4.90 Å². The number of nitrogens with zero attached hydrogens (tertiary/aromatic N) is 2. The van der Waals surface area contributed by atoms with Gasteiger partial charge < -0.3 is 14.7 Å². The summed E-state index contributed by atoms with van der Waals surface area (Å²) in [7, 11) is 1.25. The van der Waals surface area contributed by atoms with Gasteiger partial charge in [0, 0.05) is 31.8 Å². The van der Waals surface area contributed by atoms with Crippen LogP contribution in [-0.2, 0) is 4.74 Å². The fourth-order valence-electron chi connectivity index (χ4n) is 2.62. The summed E-state index contributed by atoms with van der Waals surface area (Å²) in [4.78, 5) is 24.2. The molecule has 0 amide bonds. The number of piperidine rings is 1. The summed E-state index contributed by atoms with van der Waals surface area (Å²) in [5, 5.41) is 20.1. The first-order chi connectivity index (χ1) is 10.1. The number of hydrogen-bond acceptors (Lipinski definition) is 6. The summed E-state index contributed by atoms with van der Waals surface area (Å²) in [6.45, 7) is 1.47. The van der Waals surface area contributed by atoms with Crippen molar-refractivity contribution in [2.75, 3.05) is 31.7 Å². The van der Waals surface area contributed by atoms with Crippen LogP contribution in [0.2, 0.25) is 0 Å². The first-order valence-electron chi connectivity index (χ1n) is 6.79. The van der Waals surface area contributed by atoms with Crippen LogP contribution >= 0.6 is 0 Å². The number of ether oxygens (including phenoxy) is 1. The molecule has 0 saturated carbocycles. The Kier molecular flexibility index (Phi) is 4.74. The molecule has 0 bridgehead atoms. The Morgan fingerprint density at radius 1 is 1.57 bits per heavy atom. The van der Waals surface area contributed by atoms with Gasteiger partial charge in [-0.3, -0.25) is 10.1 Å². The van der Waals surface area contributed by atoms with E-state index in [0.29, 0.717) is 12.2 Å². The molecule has 1 aliphatic rings. The van der Waals surface area contributed by atoms with Gasteiger partial charge in [0.2, 0.25) is 0 Å². The van der Waals surface area contributed by atoms with Crippen molar-refractivity contribution in [1.82, 2.24) is 0 Å². The molecule has 0 aliphatic carbocycles. The molecule has 0 spiro atoms. The highest BCUT2D eigenvalue weighted by Crippen LogP contribution is 2.29. The zero-order valence-electron chi connectivity index (χ0n) is 11.8. The molecule has 1 unspecified atom stereocenters. The van der Waals surface area contributed by atoms with Crippen molar-refractivity contribution in [3.8, 4) is 0 Å². The Hall–Kier alpha value is -2.15. The van der Waals surface area contributed by atoms with Gasteiger partial charge in [-0.25, -0.2) is 4.79 Å². The number of esters is 1. The molecule has 1 saturated heterocycles. The maximum atomic E-state index is 11.9. The van der Waals surface area contributed by atoms with Crippen LogP contribution in [0, 0.1) is 16.0 Å². The molecule has 114 valence electrons. The Bertz CT molecular complexity index is 546. The van der Waals surface area contributed by atoms with Gasteiger partial charge in [-0.15, -0.1) is 0 Å². The van der Waals surface area contributed by atoms with Crippen LogP contribution in [-0.4, -0.2) is 42.8 Å². The Balaban J connectivity index is 2.37. The number of aliphatic hydroxyl groups is 1. The van der Waals surface area contributed by atoms with Crippen molar-refractivity contribution >= 4 is 17.3 Å². The molecule has 7 nitrogen and oxygen atoms in total. The lowest BCUT2D eigenvalue weighted by atomic mass is 9.97. The van der Waals surface area contributed by atoms with E-state index in [4.69, 9.17) is 4.74 Å². The SMILES string of the molecule is COC(=O)c1cc([N+](=O)[O-])ccc1N1CCCC(CO)C1. The highest BCUT2D eigenvalue weighted by atomic mass is 16.6. The molecule has 1 fully saturated rings. The molecule has 0 aromatic heterocycles. The van der Waals surface area contributed by atoms with Gasteiger partial charge in [0.15, 0.2) is 0 Å². The van der Waals surface area contributed by atoms with E-state index in [-0.39, 0.29) is 23.8 Å². The summed E-state index contributed by atoms with van der Waals surface area (Å²) in [5.41, 5.74) is 0.658. The first-order valence-corrected chi connectivity index (χ1v) is 6.79.